The zero-order valence-corrected chi connectivity index (χ0v) is 18.2. The fourth-order valence-electron chi connectivity index (χ4n) is 4.82. The van der Waals surface area contributed by atoms with Gasteiger partial charge in [-0.2, -0.15) is 0 Å². The Bertz CT molecular complexity index is 1530. The highest BCUT2D eigenvalue weighted by atomic mass is 19.3. The fourth-order valence-corrected chi connectivity index (χ4v) is 4.82. The maximum absolute atomic E-state index is 13.5. The summed E-state index contributed by atoms with van der Waals surface area (Å²) >= 11 is 0. The van der Waals surface area contributed by atoms with Crippen LogP contribution < -0.4 is 20.8 Å². The molecule has 1 atom stereocenters. The van der Waals surface area contributed by atoms with Crippen molar-refractivity contribution in [3.05, 3.63) is 51.3 Å². The second kappa shape index (κ2) is 6.98. The van der Waals surface area contributed by atoms with Crippen LogP contribution in [0.5, 0.6) is 11.5 Å². The van der Waals surface area contributed by atoms with E-state index < -0.39 is 35.9 Å². The van der Waals surface area contributed by atoms with Gasteiger partial charge in [0.25, 0.3) is 5.56 Å². The lowest BCUT2D eigenvalue weighted by Crippen LogP contribution is -2.48. The standard InChI is InChI=1S/C23H17F2N3O7/c1-2-22(35-18(29)7-26)13-5-15-19-11(8-28(15)20(30)12(13)9-32-21(22)31)3-10-4-16-17(6-14(10)27-19)34-23(24,25)33-16/h3-6H,2,7-9,26H2,1H3. The minimum atomic E-state index is -3.76. The maximum atomic E-state index is 13.5. The zero-order chi connectivity index (χ0) is 24.7. The first-order chi connectivity index (χ1) is 16.7. The number of rotatable bonds is 3. The lowest BCUT2D eigenvalue weighted by Gasteiger charge is -2.35. The summed E-state index contributed by atoms with van der Waals surface area (Å²) in [7, 11) is 0. The van der Waals surface area contributed by atoms with Gasteiger partial charge >= 0.3 is 18.2 Å². The van der Waals surface area contributed by atoms with E-state index >= 15 is 0 Å². The highest BCUT2D eigenvalue weighted by Gasteiger charge is 2.50. The average molecular weight is 485 g/mol. The highest BCUT2D eigenvalue weighted by Crippen LogP contribution is 2.45. The molecule has 0 fully saturated rings. The van der Waals surface area contributed by atoms with Crippen molar-refractivity contribution in [1.29, 1.82) is 0 Å². The van der Waals surface area contributed by atoms with E-state index in [0.29, 0.717) is 27.9 Å². The Morgan fingerprint density at radius 2 is 1.94 bits per heavy atom. The molecule has 0 radical (unpaired) electrons. The van der Waals surface area contributed by atoms with E-state index in [2.05, 4.69) is 14.5 Å². The van der Waals surface area contributed by atoms with Crippen molar-refractivity contribution in [3.63, 3.8) is 0 Å². The highest BCUT2D eigenvalue weighted by molar-refractivity contribution is 5.89. The third kappa shape index (κ3) is 2.95. The zero-order valence-electron chi connectivity index (χ0n) is 18.2. The van der Waals surface area contributed by atoms with E-state index in [9.17, 15) is 23.2 Å². The summed E-state index contributed by atoms with van der Waals surface area (Å²) < 4.78 is 48.2. The van der Waals surface area contributed by atoms with Crippen LogP contribution in [-0.2, 0) is 37.8 Å². The predicted octanol–water partition coefficient (Wildman–Crippen LogP) is 1.91. The van der Waals surface area contributed by atoms with Crippen LogP contribution in [-0.4, -0.2) is 34.3 Å². The molecule has 0 amide bonds. The normalized spacial score (nSPS) is 20.7. The van der Waals surface area contributed by atoms with E-state index in [1.165, 1.54) is 16.7 Å². The number of hydrogen-bond donors (Lipinski definition) is 1. The molecule has 0 saturated heterocycles. The van der Waals surface area contributed by atoms with Gasteiger partial charge < -0.3 is 29.2 Å². The molecule has 10 nitrogen and oxygen atoms in total. The number of carbonyl (C=O) groups is 2. The van der Waals surface area contributed by atoms with Crippen LogP contribution in [0.2, 0.25) is 0 Å². The van der Waals surface area contributed by atoms with Gasteiger partial charge in [-0.05, 0) is 24.6 Å². The van der Waals surface area contributed by atoms with Crippen LogP contribution >= 0.6 is 0 Å². The van der Waals surface area contributed by atoms with Crippen molar-refractivity contribution >= 4 is 22.8 Å². The van der Waals surface area contributed by atoms with Crippen LogP contribution in [0.1, 0.15) is 30.0 Å². The first-order valence-corrected chi connectivity index (χ1v) is 10.8. The first kappa shape index (κ1) is 21.5. The van der Waals surface area contributed by atoms with E-state index in [1.807, 2.05) is 0 Å². The van der Waals surface area contributed by atoms with E-state index in [-0.39, 0.29) is 42.2 Å². The summed E-state index contributed by atoms with van der Waals surface area (Å²) in [5.74, 6) is -1.89. The molecule has 3 aliphatic rings. The molecule has 5 heterocycles. The molecule has 35 heavy (non-hydrogen) atoms. The van der Waals surface area contributed by atoms with Crippen LogP contribution in [0.15, 0.2) is 29.1 Å². The Morgan fingerprint density at radius 3 is 2.66 bits per heavy atom. The first-order valence-electron chi connectivity index (χ1n) is 10.8. The Balaban J connectivity index is 1.54. The fraction of sp³-hybridized carbons (Fsp3) is 0.304. The molecular formula is C23H17F2N3O7. The average Bonchev–Trinajstić information content (AvgIpc) is 3.32. The van der Waals surface area contributed by atoms with E-state index in [0.717, 1.165) is 0 Å². The largest absolute Gasteiger partial charge is 0.586 e. The number of hydrogen-bond acceptors (Lipinski definition) is 9. The molecule has 180 valence electrons. The minimum absolute atomic E-state index is 0.0170. The van der Waals surface area contributed by atoms with E-state index in [1.54, 1.807) is 19.1 Å². The molecule has 6 rings (SSSR count). The second-order valence-corrected chi connectivity index (χ2v) is 8.40. The Hall–Kier alpha value is -4.06. The molecule has 1 unspecified atom stereocenters. The Kier molecular flexibility index (Phi) is 4.28. The van der Waals surface area contributed by atoms with Crippen LogP contribution in [0.3, 0.4) is 0 Å². The Labute approximate surface area is 195 Å². The molecule has 1 aromatic carbocycles. The monoisotopic (exact) mass is 485 g/mol. The third-order valence-electron chi connectivity index (χ3n) is 6.45. The van der Waals surface area contributed by atoms with E-state index in [4.69, 9.17) is 15.2 Å². The Morgan fingerprint density at radius 1 is 1.20 bits per heavy atom. The molecule has 0 bridgehead atoms. The van der Waals surface area contributed by atoms with Crippen LogP contribution in [0.25, 0.3) is 22.3 Å². The van der Waals surface area contributed by atoms with Gasteiger partial charge in [-0.1, -0.05) is 6.92 Å². The molecule has 0 saturated carbocycles. The van der Waals surface area contributed by atoms with Gasteiger partial charge in [-0.25, -0.2) is 9.78 Å². The smallest absolute Gasteiger partial charge is 0.457 e. The predicted molar refractivity (Wildman–Crippen MR) is 114 cm³/mol. The van der Waals surface area contributed by atoms with Gasteiger partial charge in [0.05, 0.1) is 35.6 Å². The molecule has 0 spiro atoms. The lowest BCUT2D eigenvalue weighted by atomic mass is 9.85. The van der Waals surface area contributed by atoms with Gasteiger partial charge in [0.15, 0.2) is 11.5 Å². The van der Waals surface area contributed by atoms with Crippen LogP contribution in [0, 0.1) is 0 Å². The van der Waals surface area contributed by atoms with Gasteiger partial charge in [0, 0.05) is 22.6 Å². The number of fused-ring (bicyclic) bond motifs is 6. The number of nitrogens with two attached hydrogens (primary N) is 1. The number of alkyl halides is 2. The number of esters is 2. The number of aromatic nitrogens is 2. The molecule has 12 heteroatoms. The van der Waals surface area contributed by atoms with Gasteiger partial charge in [0.1, 0.15) is 6.61 Å². The maximum Gasteiger partial charge on any atom is 0.586 e. The van der Waals surface area contributed by atoms with Gasteiger partial charge in [-0.3, -0.25) is 9.59 Å². The lowest BCUT2D eigenvalue weighted by molar-refractivity contribution is -0.286. The molecule has 3 aliphatic heterocycles. The SMILES string of the molecule is CCC1(OC(=O)CN)C(=O)OCc2c1cc1n(c2=O)Cc2cc3cc4c(cc3nc2-1)OC(F)(F)O4. The number of carbonyl (C=O) groups excluding carboxylic acids is 2. The summed E-state index contributed by atoms with van der Waals surface area (Å²) in [5.41, 5.74) is 5.40. The second-order valence-electron chi connectivity index (χ2n) is 8.40. The number of nitrogens with zero attached hydrogens (tertiary/aromatic N) is 2. The van der Waals surface area contributed by atoms with Crippen molar-refractivity contribution in [2.24, 2.45) is 5.73 Å². The molecular weight excluding hydrogens is 468 g/mol. The molecule has 2 N–H and O–H groups in total. The molecule has 0 aliphatic carbocycles. The molecule has 3 aromatic rings. The number of benzene rings is 1. The number of pyridine rings is 2. The van der Waals surface area contributed by atoms with Crippen molar-refractivity contribution in [3.8, 4) is 22.9 Å². The van der Waals surface area contributed by atoms with Crippen molar-refractivity contribution < 1.29 is 37.3 Å². The summed E-state index contributed by atoms with van der Waals surface area (Å²) in [6, 6.07) is 6.06. The number of ether oxygens (including phenoxy) is 4. The van der Waals surface area contributed by atoms with Crippen LogP contribution in [0.4, 0.5) is 8.78 Å². The minimum Gasteiger partial charge on any atom is -0.457 e. The van der Waals surface area contributed by atoms with Crippen molar-refractivity contribution in [2.45, 2.75) is 38.4 Å². The van der Waals surface area contributed by atoms with Gasteiger partial charge in [-0.15, -0.1) is 8.78 Å². The third-order valence-corrected chi connectivity index (χ3v) is 6.45. The topological polar surface area (TPSA) is 132 Å². The summed E-state index contributed by atoms with van der Waals surface area (Å²) in [6.07, 6.45) is -3.75. The van der Waals surface area contributed by atoms with Crippen molar-refractivity contribution in [1.82, 2.24) is 9.55 Å². The summed E-state index contributed by atoms with van der Waals surface area (Å²) in [4.78, 5) is 42.9. The quantitative estimate of drug-likeness (QED) is 0.432. The number of cyclic esters (lactones) is 1. The van der Waals surface area contributed by atoms with Crippen molar-refractivity contribution in [2.75, 3.05) is 6.54 Å². The number of halogens is 2. The summed E-state index contributed by atoms with van der Waals surface area (Å²) in [6.45, 7) is 1.07. The van der Waals surface area contributed by atoms with Gasteiger partial charge in [0.2, 0.25) is 5.60 Å². The summed E-state index contributed by atoms with van der Waals surface area (Å²) in [5, 5.41) is 0.521. The molecule has 2 aromatic heterocycles.